The largest absolute Gasteiger partial charge is 0.488 e. The quantitative estimate of drug-likeness (QED) is 0.0299. The lowest BCUT2D eigenvalue weighted by Gasteiger charge is -2.23. The third-order valence-corrected chi connectivity index (χ3v) is 15.0. The van der Waals surface area contributed by atoms with Gasteiger partial charge >= 0.3 is 11.9 Å². The van der Waals surface area contributed by atoms with E-state index in [1.165, 1.54) is 0 Å². The molecule has 0 amide bonds. The van der Waals surface area contributed by atoms with E-state index in [0.717, 1.165) is 66.8 Å². The number of halogens is 2. The Labute approximate surface area is 511 Å². The molecule has 0 saturated heterocycles. The number of nitrogens with zero attached hydrogens (tertiary/aromatic N) is 4. The van der Waals surface area contributed by atoms with Gasteiger partial charge in [0.15, 0.2) is 0 Å². The van der Waals surface area contributed by atoms with Gasteiger partial charge in [0.05, 0.1) is 35.5 Å². The van der Waals surface area contributed by atoms with Gasteiger partial charge in [-0.1, -0.05) is 120 Å². The van der Waals surface area contributed by atoms with E-state index < -0.39 is 30.1 Å². The fraction of sp³-hybridized carbons (Fsp3) is 0.265. The first kappa shape index (κ1) is 63.5. The van der Waals surface area contributed by atoms with Gasteiger partial charge < -0.3 is 38.6 Å². The Hall–Kier alpha value is -8.48. The average molecular weight is 1200 g/mol. The van der Waals surface area contributed by atoms with Crippen molar-refractivity contribution in [1.82, 2.24) is 20.6 Å². The lowest BCUT2D eigenvalue weighted by Crippen LogP contribution is -2.45. The van der Waals surface area contributed by atoms with Crippen molar-refractivity contribution < 1.29 is 48.2 Å². The summed E-state index contributed by atoms with van der Waals surface area (Å²) in [4.78, 5) is 42.0. The SMILES string of the molecule is C/N=C/c1cncc(COc2cc(OCc3cccc(-c4cccc(COc5cc(OCc6cncc(/C=N/C)c6)c(CN[C@H](C(=O)O)[C@@H](C)OCc6ccccc6)cc5Cl)c4C)c3C)c(Cl)cc2CN[C@@H](COC(C)c2ccccc2)C(=O)O)c1. The highest BCUT2D eigenvalue weighted by molar-refractivity contribution is 6.32. The summed E-state index contributed by atoms with van der Waals surface area (Å²) in [5.74, 6) is -0.505. The van der Waals surface area contributed by atoms with Crippen LogP contribution >= 0.6 is 23.2 Å². The number of hydrogen-bond acceptors (Lipinski definition) is 14. The molecular weight excluding hydrogens is 1130 g/mol. The van der Waals surface area contributed by atoms with Gasteiger partial charge in [-0.3, -0.25) is 40.2 Å². The Bertz CT molecular complexity index is 3630. The van der Waals surface area contributed by atoms with Crippen LogP contribution in [0.1, 0.15) is 86.7 Å². The van der Waals surface area contributed by atoms with Crippen molar-refractivity contribution in [1.29, 1.82) is 0 Å². The molecule has 0 fully saturated rings. The molecule has 0 aliphatic carbocycles. The summed E-state index contributed by atoms with van der Waals surface area (Å²) in [7, 11) is 3.38. The number of carboxylic acids is 2. The maximum Gasteiger partial charge on any atom is 0.323 e. The van der Waals surface area contributed by atoms with Gasteiger partial charge in [0, 0.05) is 110 Å². The average Bonchev–Trinajstić information content (AvgIpc) is 3.38. The summed E-state index contributed by atoms with van der Waals surface area (Å²) in [5.41, 5.74) is 12.1. The molecule has 0 radical (unpaired) electrons. The smallest absolute Gasteiger partial charge is 0.323 e. The van der Waals surface area contributed by atoms with E-state index in [1.54, 1.807) is 82.5 Å². The monoisotopic (exact) mass is 1200 g/mol. The second-order valence-electron chi connectivity index (χ2n) is 20.5. The summed E-state index contributed by atoms with van der Waals surface area (Å²) < 4.78 is 37.9. The van der Waals surface area contributed by atoms with Gasteiger partial charge in [-0.15, -0.1) is 0 Å². The summed E-state index contributed by atoms with van der Waals surface area (Å²) in [6, 6.07) is 40.0. The number of nitrogens with one attached hydrogen (secondary N) is 2. The molecule has 18 heteroatoms. The first-order valence-corrected chi connectivity index (χ1v) is 28.7. The summed E-state index contributed by atoms with van der Waals surface area (Å²) in [6.45, 7) is 8.70. The molecule has 2 heterocycles. The lowest BCUT2D eigenvalue weighted by atomic mass is 9.92. The van der Waals surface area contributed by atoms with Crippen molar-refractivity contribution in [3.8, 4) is 34.1 Å². The molecule has 0 spiro atoms. The van der Waals surface area contributed by atoms with Crippen LogP contribution in [-0.4, -0.2) is 83.4 Å². The Morgan fingerprint density at radius 1 is 0.535 bits per heavy atom. The van der Waals surface area contributed by atoms with E-state index in [1.807, 2.05) is 104 Å². The van der Waals surface area contributed by atoms with Crippen LogP contribution in [0.25, 0.3) is 11.1 Å². The van der Waals surface area contributed by atoms with Crippen molar-refractivity contribution in [3.63, 3.8) is 0 Å². The number of carbonyl (C=O) groups is 2. The standard InChI is InChI=1S/C68H70Cl2N6O10/c1-43-53(40-85-64-27-62(83-38-50-23-48(29-71-5)31-73-33-50)55(25-59(64)69)35-75-61(67(77)78)42-82-45(3)52-17-11-8-12-18-52)19-13-21-57(43)58-22-14-20-54(44(58)2)41-86-65-28-63(84-39-51-24-49(30-72-6)32-74-34-51)56(26-60(65)70)36-76-66(68(79)80)46(4)81-37-47-15-9-7-10-16-47/h7-34,45-46,61,66,75-76H,35-42H2,1-6H3,(H,77,78)(H,79,80)/b71-29+,72-30+/t45?,46-,61+,66+/m1/s1. The molecule has 16 nitrogen and oxygen atoms in total. The fourth-order valence-corrected chi connectivity index (χ4v) is 9.99. The van der Waals surface area contributed by atoms with Crippen molar-refractivity contribution in [3.05, 3.63) is 235 Å². The number of hydrogen-bond donors (Lipinski definition) is 4. The first-order valence-electron chi connectivity index (χ1n) is 28.0. The normalized spacial score (nSPS) is 12.9. The minimum Gasteiger partial charge on any atom is -0.488 e. The molecule has 4 N–H and O–H groups in total. The summed E-state index contributed by atoms with van der Waals surface area (Å²) in [5, 5.41) is 27.4. The topological polar surface area (TPSA) is 205 Å². The molecule has 6 aromatic carbocycles. The summed E-state index contributed by atoms with van der Waals surface area (Å²) >= 11 is 14.0. The molecule has 0 aliphatic rings. The summed E-state index contributed by atoms with van der Waals surface area (Å²) in [6.07, 6.45) is 9.26. The maximum absolute atomic E-state index is 12.6. The van der Waals surface area contributed by atoms with Gasteiger partial charge in [0.2, 0.25) is 0 Å². The van der Waals surface area contributed by atoms with Crippen LogP contribution in [0.4, 0.5) is 0 Å². The van der Waals surface area contributed by atoms with Crippen LogP contribution in [-0.2, 0) is 65.2 Å². The predicted molar refractivity (Wildman–Crippen MR) is 335 cm³/mol. The highest BCUT2D eigenvalue weighted by atomic mass is 35.5. The molecule has 8 rings (SSSR count). The number of aromatic nitrogens is 2. The number of benzene rings is 6. The van der Waals surface area contributed by atoms with Gasteiger partial charge in [0.1, 0.15) is 61.5 Å². The first-order chi connectivity index (χ1) is 41.7. The maximum atomic E-state index is 12.6. The second-order valence-corrected chi connectivity index (χ2v) is 21.3. The number of ether oxygens (including phenoxy) is 6. The van der Waals surface area contributed by atoms with E-state index in [0.29, 0.717) is 44.2 Å². The molecule has 1 unspecified atom stereocenters. The lowest BCUT2D eigenvalue weighted by molar-refractivity contribution is -0.144. The number of aliphatic carboxylic acids is 2. The van der Waals surface area contributed by atoms with E-state index in [9.17, 15) is 19.8 Å². The van der Waals surface area contributed by atoms with Crippen molar-refractivity contribution in [2.75, 3.05) is 20.7 Å². The molecule has 0 aliphatic heterocycles. The fourth-order valence-electron chi connectivity index (χ4n) is 9.51. The highest BCUT2D eigenvalue weighted by Gasteiger charge is 2.27. The Morgan fingerprint density at radius 2 is 1.02 bits per heavy atom. The zero-order valence-corrected chi connectivity index (χ0v) is 50.3. The minimum atomic E-state index is -1.06. The Kier molecular flexibility index (Phi) is 23.3. The third-order valence-electron chi connectivity index (χ3n) is 14.4. The Morgan fingerprint density at radius 3 is 1.51 bits per heavy atom. The number of carboxylic acid groups (broad SMARTS) is 2. The number of pyridine rings is 2. The van der Waals surface area contributed by atoms with Gasteiger partial charge in [-0.05, 0) is 96.5 Å². The molecule has 8 aromatic rings. The van der Waals surface area contributed by atoms with E-state index >= 15 is 0 Å². The van der Waals surface area contributed by atoms with Crippen LogP contribution in [0, 0.1) is 13.8 Å². The second kappa shape index (κ2) is 31.6. The van der Waals surface area contributed by atoms with Gasteiger partial charge in [0.25, 0.3) is 0 Å². The van der Waals surface area contributed by atoms with Crippen LogP contribution < -0.4 is 29.6 Å². The zero-order valence-electron chi connectivity index (χ0n) is 48.8. The van der Waals surface area contributed by atoms with E-state index in [-0.39, 0.29) is 58.8 Å². The van der Waals surface area contributed by atoms with Crippen molar-refractivity contribution in [2.45, 2.75) is 98.1 Å². The molecular formula is C68H70Cl2N6O10. The predicted octanol–water partition coefficient (Wildman–Crippen LogP) is 12.9. The zero-order chi connectivity index (χ0) is 61.0. The minimum absolute atomic E-state index is 0.0815. The van der Waals surface area contributed by atoms with Crippen LogP contribution in [0.3, 0.4) is 0 Å². The molecule has 0 saturated carbocycles. The van der Waals surface area contributed by atoms with Crippen LogP contribution in [0.5, 0.6) is 23.0 Å². The van der Waals surface area contributed by atoms with Crippen molar-refractivity contribution in [2.24, 2.45) is 9.98 Å². The molecule has 86 heavy (non-hydrogen) atoms. The van der Waals surface area contributed by atoms with Crippen LogP contribution in [0.15, 0.2) is 168 Å². The van der Waals surface area contributed by atoms with E-state index in [2.05, 4.69) is 56.6 Å². The van der Waals surface area contributed by atoms with Crippen molar-refractivity contribution >= 4 is 47.6 Å². The number of rotatable bonds is 31. The van der Waals surface area contributed by atoms with Gasteiger partial charge in [-0.2, -0.15) is 0 Å². The van der Waals surface area contributed by atoms with Gasteiger partial charge in [-0.25, -0.2) is 0 Å². The molecule has 4 atom stereocenters. The molecule has 2 aromatic heterocycles. The molecule has 0 bridgehead atoms. The van der Waals surface area contributed by atoms with Crippen LogP contribution in [0.2, 0.25) is 10.0 Å². The highest BCUT2D eigenvalue weighted by Crippen LogP contribution is 2.38. The van der Waals surface area contributed by atoms with E-state index in [4.69, 9.17) is 51.6 Å². The molecule has 446 valence electrons. The number of aliphatic imine (C=N–C) groups is 2. The Balaban J connectivity index is 0.984. The third kappa shape index (κ3) is 17.8.